The van der Waals surface area contributed by atoms with Gasteiger partial charge in [-0.05, 0) is 43.0 Å². The fourth-order valence-electron chi connectivity index (χ4n) is 2.06. The van der Waals surface area contributed by atoms with Crippen LogP contribution in [0.25, 0.3) is 0 Å². The summed E-state index contributed by atoms with van der Waals surface area (Å²) in [5.74, 6) is 1.08. The predicted octanol–water partition coefficient (Wildman–Crippen LogP) is 3.99. The van der Waals surface area contributed by atoms with E-state index in [0.717, 1.165) is 10.5 Å². The van der Waals surface area contributed by atoms with Gasteiger partial charge < -0.3 is 14.8 Å². The normalized spacial score (nSPS) is 10.2. The highest BCUT2D eigenvalue weighted by molar-refractivity contribution is 7.98. The average Bonchev–Trinajstić information content (AvgIpc) is 2.55. The number of amides is 1. The molecule has 0 saturated carbocycles. The highest BCUT2D eigenvalue weighted by Gasteiger charge is 2.13. The van der Waals surface area contributed by atoms with E-state index >= 15 is 0 Å². The number of benzene rings is 2. The molecule has 0 fully saturated rings. The van der Waals surface area contributed by atoms with Crippen LogP contribution in [0.5, 0.6) is 11.5 Å². The van der Waals surface area contributed by atoms with Gasteiger partial charge in [0.1, 0.15) is 11.5 Å². The van der Waals surface area contributed by atoms with Gasteiger partial charge >= 0.3 is 0 Å². The van der Waals surface area contributed by atoms with Crippen molar-refractivity contribution in [2.45, 2.75) is 11.8 Å². The van der Waals surface area contributed by atoms with Crippen LogP contribution in [0, 0.1) is 6.92 Å². The van der Waals surface area contributed by atoms with Crippen LogP contribution in [0.15, 0.2) is 41.3 Å². The Hall–Kier alpha value is -2.14. The molecule has 0 aliphatic carbocycles. The van der Waals surface area contributed by atoms with Gasteiger partial charge in [0.2, 0.25) is 0 Å². The number of anilines is 1. The lowest BCUT2D eigenvalue weighted by atomic mass is 10.1. The van der Waals surface area contributed by atoms with E-state index in [4.69, 9.17) is 9.47 Å². The van der Waals surface area contributed by atoms with Crippen LogP contribution in [0.4, 0.5) is 5.69 Å². The molecule has 116 valence electrons. The Morgan fingerprint density at radius 1 is 1.09 bits per heavy atom. The molecule has 2 rings (SSSR count). The number of hydrogen-bond acceptors (Lipinski definition) is 4. The van der Waals surface area contributed by atoms with Gasteiger partial charge in [0, 0.05) is 16.5 Å². The molecule has 0 radical (unpaired) electrons. The van der Waals surface area contributed by atoms with Crippen molar-refractivity contribution in [3.8, 4) is 11.5 Å². The maximum Gasteiger partial charge on any atom is 0.256 e. The van der Waals surface area contributed by atoms with Crippen molar-refractivity contribution in [1.29, 1.82) is 0 Å². The number of thioether (sulfide) groups is 1. The fourth-order valence-corrected chi connectivity index (χ4v) is 2.50. The molecule has 2 aromatic rings. The molecule has 2 aromatic carbocycles. The highest BCUT2D eigenvalue weighted by Crippen LogP contribution is 2.30. The van der Waals surface area contributed by atoms with E-state index in [1.807, 2.05) is 31.4 Å². The summed E-state index contributed by atoms with van der Waals surface area (Å²) < 4.78 is 10.5. The summed E-state index contributed by atoms with van der Waals surface area (Å²) in [6, 6.07) is 11.1. The number of carbonyl (C=O) groups is 1. The number of carbonyl (C=O) groups excluding carboxylic acids is 1. The van der Waals surface area contributed by atoms with E-state index < -0.39 is 0 Å². The van der Waals surface area contributed by atoms with Crippen LogP contribution in [0.3, 0.4) is 0 Å². The van der Waals surface area contributed by atoms with Crippen molar-refractivity contribution in [3.63, 3.8) is 0 Å². The van der Waals surface area contributed by atoms with Crippen molar-refractivity contribution >= 4 is 23.4 Å². The Labute approximate surface area is 134 Å². The van der Waals surface area contributed by atoms with E-state index in [1.165, 1.54) is 0 Å². The second-order valence-corrected chi connectivity index (χ2v) is 5.58. The number of methoxy groups -OCH3 is 2. The monoisotopic (exact) mass is 317 g/mol. The molecule has 0 saturated heterocycles. The summed E-state index contributed by atoms with van der Waals surface area (Å²) in [5, 5.41) is 2.89. The van der Waals surface area contributed by atoms with Gasteiger partial charge in [-0.3, -0.25) is 4.79 Å². The van der Waals surface area contributed by atoms with E-state index in [-0.39, 0.29) is 5.91 Å². The van der Waals surface area contributed by atoms with Gasteiger partial charge in [-0.15, -0.1) is 11.8 Å². The minimum atomic E-state index is -0.156. The molecule has 1 N–H and O–H groups in total. The zero-order valence-corrected chi connectivity index (χ0v) is 13.9. The maximum absolute atomic E-state index is 12.5. The topological polar surface area (TPSA) is 47.6 Å². The lowest BCUT2D eigenvalue weighted by Crippen LogP contribution is -2.14. The lowest BCUT2D eigenvalue weighted by Gasteiger charge is -2.13. The predicted molar refractivity (Wildman–Crippen MR) is 90.5 cm³/mol. The Morgan fingerprint density at radius 3 is 2.50 bits per heavy atom. The van der Waals surface area contributed by atoms with Crippen LogP contribution < -0.4 is 14.8 Å². The summed E-state index contributed by atoms with van der Waals surface area (Å²) >= 11 is 1.61. The second kappa shape index (κ2) is 7.22. The molecule has 0 bridgehead atoms. The van der Waals surface area contributed by atoms with Crippen LogP contribution in [0.2, 0.25) is 0 Å². The third-order valence-corrected chi connectivity index (χ3v) is 4.07. The number of hydrogen-bond donors (Lipinski definition) is 1. The molecular weight excluding hydrogens is 298 g/mol. The first-order chi connectivity index (χ1) is 10.6. The van der Waals surface area contributed by atoms with E-state index in [2.05, 4.69) is 5.32 Å². The molecule has 0 heterocycles. The quantitative estimate of drug-likeness (QED) is 0.847. The van der Waals surface area contributed by atoms with Gasteiger partial charge in [0.05, 0.1) is 19.9 Å². The Bertz CT molecular complexity index is 686. The average molecular weight is 317 g/mol. The summed E-state index contributed by atoms with van der Waals surface area (Å²) in [5.41, 5.74) is 2.20. The van der Waals surface area contributed by atoms with Crippen molar-refractivity contribution < 1.29 is 14.3 Å². The smallest absolute Gasteiger partial charge is 0.256 e. The first kappa shape index (κ1) is 16.2. The Balaban J connectivity index is 2.29. The van der Waals surface area contributed by atoms with Gasteiger partial charge in [0.25, 0.3) is 5.91 Å². The van der Waals surface area contributed by atoms with Crippen molar-refractivity contribution in [1.82, 2.24) is 0 Å². The molecule has 0 atom stereocenters. The summed E-state index contributed by atoms with van der Waals surface area (Å²) in [6.07, 6.45) is 1.98. The highest BCUT2D eigenvalue weighted by atomic mass is 32.2. The molecule has 0 spiro atoms. The van der Waals surface area contributed by atoms with E-state index in [0.29, 0.717) is 22.7 Å². The van der Waals surface area contributed by atoms with Crippen molar-refractivity contribution in [3.05, 3.63) is 47.5 Å². The Morgan fingerprint density at radius 2 is 1.86 bits per heavy atom. The number of aryl methyl sites for hydroxylation is 1. The second-order valence-electron chi connectivity index (χ2n) is 4.70. The Kier molecular flexibility index (Phi) is 5.33. The lowest BCUT2D eigenvalue weighted by molar-refractivity contribution is 0.102. The fraction of sp³-hybridized carbons (Fsp3) is 0.235. The summed E-state index contributed by atoms with van der Waals surface area (Å²) in [7, 11) is 3.15. The van der Waals surface area contributed by atoms with Crippen molar-refractivity contribution in [2.75, 3.05) is 25.8 Å². The molecule has 5 heteroatoms. The number of rotatable bonds is 5. The van der Waals surface area contributed by atoms with Crippen molar-refractivity contribution in [2.24, 2.45) is 0 Å². The third kappa shape index (κ3) is 3.54. The van der Waals surface area contributed by atoms with Crippen LogP contribution in [-0.4, -0.2) is 26.4 Å². The standard InChI is InChI=1S/C17H19NO3S/c1-11-5-7-13(22-4)10-14(11)17(19)18-15-8-6-12(20-2)9-16(15)21-3/h5-10H,1-4H3,(H,18,19). The number of ether oxygens (including phenoxy) is 2. The third-order valence-electron chi connectivity index (χ3n) is 3.35. The molecule has 0 unspecified atom stereocenters. The molecular formula is C17H19NO3S. The van der Waals surface area contributed by atoms with Crippen LogP contribution in [-0.2, 0) is 0 Å². The SMILES string of the molecule is COc1ccc(NC(=O)c2cc(SC)ccc2C)c(OC)c1. The van der Waals surface area contributed by atoms with Gasteiger partial charge in [-0.2, -0.15) is 0 Å². The van der Waals surface area contributed by atoms with Gasteiger partial charge in [-0.25, -0.2) is 0 Å². The minimum absolute atomic E-state index is 0.156. The largest absolute Gasteiger partial charge is 0.497 e. The minimum Gasteiger partial charge on any atom is -0.497 e. The zero-order chi connectivity index (χ0) is 16.1. The summed E-state index contributed by atoms with van der Waals surface area (Å²) in [6.45, 7) is 1.92. The number of nitrogens with one attached hydrogen (secondary N) is 1. The first-order valence-corrected chi connectivity index (χ1v) is 7.99. The van der Waals surface area contributed by atoms with Crippen LogP contribution in [0.1, 0.15) is 15.9 Å². The molecule has 4 nitrogen and oxygen atoms in total. The molecule has 0 aliphatic heterocycles. The van der Waals surface area contributed by atoms with Gasteiger partial charge in [0.15, 0.2) is 0 Å². The van der Waals surface area contributed by atoms with E-state index in [9.17, 15) is 4.79 Å². The van der Waals surface area contributed by atoms with Crippen LogP contribution >= 0.6 is 11.8 Å². The molecule has 1 amide bonds. The first-order valence-electron chi connectivity index (χ1n) is 6.77. The maximum atomic E-state index is 12.5. The molecule has 0 aliphatic rings. The molecule has 0 aromatic heterocycles. The van der Waals surface area contributed by atoms with E-state index in [1.54, 1.807) is 44.2 Å². The van der Waals surface area contributed by atoms with Gasteiger partial charge in [-0.1, -0.05) is 6.07 Å². The molecule has 22 heavy (non-hydrogen) atoms. The zero-order valence-electron chi connectivity index (χ0n) is 13.1. The summed E-state index contributed by atoms with van der Waals surface area (Å²) in [4.78, 5) is 13.6.